The van der Waals surface area contributed by atoms with Gasteiger partial charge in [0.1, 0.15) is 11.4 Å². The van der Waals surface area contributed by atoms with E-state index in [0.29, 0.717) is 17.5 Å². The molecule has 0 aliphatic heterocycles. The van der Waals surface area contributed by atoms with Crippen molar-refractivity contribution in [1.29, 1.82) is 5.26 Å². The predicted octanol–water partition coefficient (Wildman–Crippen LogP) is 5.51. The standard InChI is InChI=1S/C25H19ClF3N3O4/c1-32(20-5-3-4-6-21(20)36-10-9-23(33)35-2)24(34)15-7-8-19(26)17(11-15)18-14-31-22(25(27,28)29)12-16(18)13-30/h3-8,11-12,14H,9-10H2,1-2H3. The highest BCUT2D eigenvalue weighted by Gasteiger charge is 2.33. The minimum absolute atomic E-state index is 0.0193. The van der Waals surface area contributed by atoms with Crippen LogP contribution in [0.1, 0.15) is 28.0 Å². The van der Waals surface area contributed by atoms with E-state index in [1.54, 1.807) is 30.3 Å². The van der Waals surface area contributed by atoms with Crippen LogP contribution in [0.4, 0.5) is 18.9 Å². The van der Waals surface area contributed by atoms with Crippen LogP contribution in [-0.2, 0) is 15.7 Å². The number of halogens is 4. The van der Waals surface area contributed by atoms with Gasteiger partial charge in [0, 0.05) is 35.0 Å². The minimum atomic E-state index is -4.72. The van der Waals surface area contributed by atoms with Gasteiger partial charge in [-0.1, -0.05) is 23.7 Å². The minimum Gasteiger partial charge on any atom is -0.491 e. The van der Waals surface area contributed by atoms with E-state index >= 15 is 0 Å². The van der Waals surface area contributed by atoms with E-state index in [-0.39, 0.29) is 40.3 Å². The molecule has 2 aromatic carbocycles. The van der Waals surface area contributed by atoms with E-state index in [9.17, 15) is 28.0 Å². The number of esters is 1. The number of hydrogen-bond donors (Lipinski definition) is 0. The zero-order valence-electron chi connectivity index (χ0n) is 19.1. The first-order chi connectivity index (χ1) is 17.1. The molecule has 0 aliphatic carbocycles. The van der Waals surface area contributed by atoms with Gasteiger partial charge in [0.25, 0.3) is 5.91 Å². The van der Waals surface area contributed by atoms with Gasteiger partial charge in [-0.3, -0.25) is 14.6 Å². The van der Waals surface area contributed by atoms with Gasteiger partial charge in [-0.15, -0.1) is 0 Å². The molecule has 36 heavy (non-hydrogen) atoms. The summed E-state index contributed by atoms with van der Waals surface area (Å²) >= 11 is 6.27. The monoisotopic (exact) mass is 517 g/mol. The summed E-state index contributed by atoms with van der Waals surface area (Å²) in [5.74, 6) is -0.569. The van der Waals surface area contributed by atoms with Crippen molar-refractivity contribution in [2.45, 2.75) is 12.6 Å². The van der Waals surface area contributed by atoms with Crippen molar-refractivity contribution in [2.24, 2.45) is 0 Å². The van der Waals surface area contributed by atoms with Crippen molar-refractivity contribution in [3.63, 3.8) is 0 Å². The van der Waals surface area contributed by atoms with Crippen molar-refractivity contribution in [1.82, 2.24) is 4.98 Å². The Bertz CT molecular complexity index is 1340. The Morgan fingerprint density at radius 1 is 1.14 bits per heavy atom. The number of para-hydroxylation sites is 2. The van der Waals surface area contributed by atoms with Crippen LogP contribution in [0.3, 0.4) is 0 Å². The number of benzene rings is 2. The molecule has 0 fully saturated rings. The van der Waals surface area contributed by atoms with Crippen LogP contribution >= 0.6 is 11.6 Å². The molecule has 0 N–H and O–H groups in total. The van der Waals surface area contributed by atoms with Gasteiger partial charge < -0.3 is 14.4 Å². The van der Waals surface area contributed by atoms with E-state index in [2.05, 4.69) is 9.72 Å². The second kappa shape index (κ2) is 11.1. The molecule has 0 saturated heterocycles. The third-order valence-electron chi connectivity index (χ3n) is 5.14. The van der Waals surface area contributed by atoms with Crippen molar-refractivity contribution < 1.29 is 32.2 Å². The van der Waals surface area contributed by atoms with Gasteiger partial charge in [0.2, 0.25) is 0 Å². The van der Waals surface area contributed by atoms with Crippen molar-refractivity contribution >= 4 is 29.2 Å². The quantitative estimate of drug-likeness (QED) is 0.384. The summed E-state index contributed by atoms with van der Waals surface area (Å²) < 4.78 is 49.3. The zero-order valence-corrected chi connectivity index (χ0v) is 19.9. The second-order valence-electron chi connectivity index (χ2n) is 7.43. The lowest BCUT2D eigenvalue weighted by Gasteiger charge is -2.21. The van der Waals surface area contributed by atoms with Gasteiger partial charge >= 0.3 is 12.1 Å². The topological polar surface area (TPSA) is 92.5 Å². The molecule has 0 aliphatic rings. The SMILES string of the molecule is COC(=O)CCOc1ccccc1N(C)C(=O)c1ccc(Cl)c(-c2cnc(C(F)(F)F)cc2C#N)c1. The predicted molar refractivity (Wildman–Crippen MR) is 126 cm³/mol. The van der Waals surface area contributed by atoms with E-state index in [1.807, 2.05) is 0 Å². The van der Waals surface area contributed by atoms with Crippen LogP contribution < -0.4 is 9.64 Å². The van der Waals surface area contributed by atoms with Crippen LogP contribution in [0.15, 0.2) is 54.7 Å². The highest BCUT2D eigenvalue weighted by Crippen LogP contribution is 2.35. The molecule has 0 saturated carbocycles. The zero-order chi connectivity index (χ0) is 26.5. The van der Waals surface area contributed by atoms with E-state index in [0.717, 1.165) is 6.20 Å². The van der Waals surface area contributed by atoms with Crippen molar-refractivity contribution in [3.8, 4) is 22.9 Å². The molecule has 3 rings (SSSR count). The van der Waals surface area contributed by atoms with Crippen LogP contribution in [0, 0.1) is 11.3 Å². The lowest BCUT2D eigenvalue weighted by atomic mass is 9.99. The fourth-order valence-corrected chi connectivity index (χ4v) is 3.51. The van der Waals surface area contributed by atoms with Gasteiger partial charge in [0.15, 0.2) is 0 Å². The highest BCUT2D eigenvalue weighted by atomic mass is 35.5. The van der Waals surface area contributed by atoms with Gasteiger partial charge in [-0.25, -0.2) is 0 Å². The fraction of sp³-hybridized carbons (Fsp3) is 0.200. The van der Waals surface area contributed by atoms with Crippen LogP contribution in [0.25, 0.3) is 11.1 Å². The number of pyridine rings is 1. The molecule has 0 atom stereocenters. The maximum absolute atomic E-state index is 13.3. The first kappa shape index (κ1) is 26.5. The number of ether oxygens (including phenoxy) is 2. The average molecular weight is 518 g/mol. The average Bonchev–Trinajstić information content (AvgIpc) is 2.87. The Labute approximate surface area is 209 Å². The summed E-state index contributed by atoms with van der Waals surface area (Å²) in [7, 11) is 2.78. The Morgan fingerprint density at radius 3 is 2.53 bits per heavy atom. The number of carbonyl (C=O) groups is 2. The summed E-state index contributed by atoms with van der Waals surface area (Å²) in [5, 5.41) is 9.55. The Morgan fingerprint density at radius 2 is 1.86 bits per heavy atom. The van der Waals surface area contributed by atoms with E-state index < -0.39 is 23.7 Å². The molecular weight excluding hydrogens is 499 g/mol. The summed E-state index contributed by atoms with van der Waals surface area (Å²) in [6, 6.07) is 13.3. The molecule has 1 aromatic heterocycles. The summed E-state index contributed by atoms with van der Waals surface area (Å²) in [6.45, 7) is 0.0364. The number of methoxy groups -OCH3 is 1. The Kier molecular flexibility index (Phi) is 8.17. The molecule has 0 bridgehead atoms. The number of rotatable bonds is 7. The molecule has 0 spiro atoms. The third-order valence-corrected chi connectivity index (χ3v) is 5.47. The Balaban J connectivity index is 1.93. The number of aromatic nitrogens is 1. The van der Waals surface area contributed by atoms with Gasteiger partial charge in [-0.2, -0.15) is 18.4 Å². The van der Waals surface area contributed by atoms with Crippen LogP contribution in [-0.4, -0.2) is 37.6 Å². The molecule has 3 aromatic rings. The Hall–Kier alpha value is -4.10. The third kappa shape index (κ3) is 5.93. The first-order valence-electron chi connectivity index (χ1n) is 10.4. The number of amides is 1. The molecule has 1 heterocycles. The number of anilines is 1. The van der Waals surface area contributed by atoms with Crippen molar-refractivity contribution in [2.75, 3.05) is 25.7 Å². The second-order valence-corrected chi connectivity index (χ2v) is 7.83. The summed E-state index contributed by atoms with van der Waals surface area (Å²) in [4.78, 5) is 29.4. The largest absolute Gasteiger partial charge is 0.491 e. The smallest absolute Gasteiger partial charge is 0.433 e. The van der Waals surface area contributed by atoms with E-state index in [4.69, 9.17) is 16.3 Å². The van der Waals surface area contributed by atoms with Crippen LogP contribution in [0.2, 0.25) is 5.02 Å². The number of nitriles is 1. The highest BCUT2D eigenvalue weighted by molar-refractivity contribution is 6.33. The summed E-state index contributed by atoms with van der Waals surface area (Å²) in [5.41, 5.74) is -0.699. The molecule has 0 radical (unpaired) electrons. The van der Waals surface area contributed by atoms with Gasteiger partial charge in [-0.05, 0) is 36.4 Å². The van der Waals surface area contributed by atoms with E-state index in [1.165, 1.54) is 37.3 Å². The number of hydrogen-bond acceptors (Lipinski definition) is 6. The maximum Gasteiger partial charge on any atom is 0.433 e. The lowest BCUT2D eigenvalue weighted by molar-refractivity contribution is -0.142. The number of carbonyl (C=O) groups excluding carboxylic acids is 2. The molecule has 186 valence electrons. The summed E-state index contributed by atoms with van der Waals surface area (Å²) in [6.07, 6.45) is -3.79. The van der Waals surface area contributed by atoms with Crippen molar-refractivity contribution in [3.05, 3.63) is 76.6 Å². The molecular formula is C25H19ClF3N3O4. The fourth-order valence-electron chi connectivity index (χ4n) is 3.29. The lowest BCUT2D eigenvalue weighted by Crippen LogP contribution is -2.27. The molecule has 0 unspecified atom stereocenters. The molecule has 1 amide bonds. The first-order valence-corrected chi connectivity index (χ1v) is 10.8. The normalized spacial score (nSPS) is 10.9. The molecule has 11 heteroatoms. The number of alkyl halides is 3. The number of nitrogens with zero attached hydrogens (tertiary/aromatic N) is 3. The van der Waals surface area contributed by atoms with Crippen LogP contribution in [0.5, 0.6) is 5.75 Å². The maximum atomic E-state index is 13.3. The molecule has 7 nitrogen and oxygen atoms in total. The van der Waals surface area contributed by atoms with Gasteiger partial charge in [0.05, 0.1) is 37.5 Å².